The number of hydrogen-bond donors (Lipinski definition) is 3. The Kier molecular flexibility index (Phi) is 6.84. The Morgan fingerprint density at radius 2 is 1.84 bits per heavy atom. The van der Waals surface area contributed by atoms with Crippen molar-refractivity contribution in [3.63, 3.8) is 0 Å². The van der Waals surface area contributed by atoms with Gasteiger partial charge in [-0.15, -0.1) is 0 Å². The van der Waals surface area contributed by atoms with Gasteiger partial charge in [-0.3, -0.25) is 4.79 Å². The maximum atomic E-state index is 12.0. The molecule has 0 unspecified atom stereocenters. The van der Waals surface area contributed by atoms with Gasteiger partial charge in [-0.25, -0.2) is 4.79 Å². The number of anilines is 1. The number of halogens is 2. The van der Waals surface area contributed by atoms with Gasteiger partial charge in [0.1, 0.15) is 0 Å². The van der Waals surface area contributed by atoms with Crippen LogP contribution in [0.1, 0.15) is 24.1 Å². The number of rotatable bonds is 5. The zero-order chi connectivity index (χ0) is 18.4. The van der Waals surface area contributed by atoms with Crippen LogP contribution in [0, 0.1) is 6.92 Å². The zero-order valence-corrected chi connectivity index (χ0v) is 16.2. The highest BCUT2D eigenvalue weighted by Crippen LogP contribution is 2.20. The van der Waals surface area contributed by atoms with Crippen molar-refractivity contribution in [1.82, 2.24) is 10.6 Å². The van der Waals surface area contributed by atoms with Crippen LogP contribution < -0.4 is 16.0 Å². The van der Waals surface area contributed by atoms with E-state index < -0.39 is 6.03 Å². The highest BCUT2D eigenvalue weighted by atomic mass is 79.9. The quantitative estimate of drug-likeness (QED) is 0.665. The van der Waals surface area contributed by atoms with E-state index in [0.29, 0.717) is 10.7 Å². The first-order valence-electron chi connectivity index (χ1n) is 7.71. The van der Waals surface area contributed by atoms with Crippen LogP contribution in [0.5, 0.6) is 0 Å². The van der Waals surface area contributed by atoms with Gasteiger partial charge in [0, 0.05) is 15.2 Å². The number of amides is 3. The van der Waals surface area contributed by atoms with Crippen molar-refractivity contribution in [2.24, 2.45) is 0 Å². The lowest BCUT2D eigenvalue weighted by Gasteiger charge is -2.15. The molecule has 0 aliphatic carbocycles. The maximum Gasteiger partial charge on any atom is 0.315 e. The Hall–Kier alpha value is -2.05. The number of urea groups is 1. The van der Waals surface area contributed by atoms with Crippen LogP contribution >= 0.6 is 27.5 Å². The van der Waals surface area contributed by atoms with Gasteiger partial charge in [0.05, 0.1) is 12.6 Å². The second-order valence-electron chi connectivity index (χ2n) is 5.61. The molecule has 1 atom stereocenters. The molecule has 0 radical (unpaired) electrons. The fourth-order valence-electron chi connectivity index (χ4n) is 2.20. The summed E-state index contributed by atoms with van der Waals surface area (Å²) < 4.78 is 0.941. The van der Waals surface area contributed by atoms with E-state index in [2.05, 4.69) is 31.9 Å². The Labute approximate surface area is 160 Å². The molecule has 0 saturated heterocycles. The van der Waals surface area contributed by atoms with E-state index >= 15 is 0 Å². The lowest BCUT2D eigenvalue weighted by Crippen LogP contribution is -2.41. The van der Waals surface area contributed by atoms with Gasteiger partial charge >= 0.3 is 6.03 Å². The minimum absolute atomic E-state index is 0.116. The highest BCUT2D eigenvalue weighted by Gasteiger charge is 2.11. The van der Waals surface area contributed by atoms with Crippen molar-refractivity contribution in [3.8, 4) is 0 Å². The standard InChI is InChI=1S/C18H19BrClN3O2/c1-11-9-14(19)5-8-16(11)23-17(24)10-21-18(25)22-12(2)13-3-6-15(20)7-4-13/h3-9,12H,10H2,1-2H3,(H,23,24)(H2,21,22,25)/t12-/m0/s1. The maximum absolute atomic E-state index is 12.0. The van der Waals surface area contributed by atoms with Crippen LogP contribution in [-0.2, 0) is 4.79 Å². The summed E-state index contributed by atoms with van der Waals surface area (Å²) in [5, 5.41) is 8.73. The van der Waals surface area contributed by atoms with Crippen LogP contribution in [0.3, 0.4) is 0 Å². The molecule has 5 nitrogen and oxygen atoms in total. The average molecular weight is 425 g/mol. The van der Waals surface area contributed by atoms with Crippen LogP contribution in [0.4, 0.5) is 10.5 Å². The summed E-state index contributed by atoms with van der Waals surface area (Å²) in [6, 6.07) is 12.2. The molecule has 2 aromatic rings. The van der Waals surface area contributed by atoms with Gasteiger partial charge in [0.25, 0.3) is 0 Å². The third-order valence-electron chi connectivity index (χ3n) is 3.59. The van der Waals surface area contributed by atoms with Crippen LogP contribution in [-0.4, -0.2) is 18.5 Å². The van der Waals surface area contributed by atoms with Crippen LogP contribution in [0.25, 0.3) is 0 Å². The summed E-state index contributed by atoms with van der Waals surface area (Å²) in [6.07, 6.45) is 0. The Bertz CT molecular complexity index is 765. The Morgan fingerprint density at radius 3 is 2.48 bits per heavy atom. The second-order valence-corrected chi connectivity index (χ2v) is 6.96. The fourth-order valence-corrected chi connectivity index (χ4v) is 2.81. The van der Waals surface area contributed by atoms with Crippen molar-refractivity contribution in [3.05, 3.63) is 63.1 Å². The number of benzene rings is 2. The molecule has 0 aliphatic rings. The monoisotopic (exact) mass is 423 g/mol. The second kappa shape index (κ2) is 8.87. The number of nitrogens with one attached hydrogen (secondary N) is 3. The van der Waals surface area contributed by atoms with Crippen molar-refractivity contribution < 1.29 is 9.59 Å². The molecule has 7 heteroatoms. The van der Waals surface area contributed by atoms with Gasteiger partial charge in [-0.05, 0) is 55.3 Å². The summed E-state index contributed by atoms with van der Waals surface area (Å²) in [4.78, 5) is 23.9. The molecule has 0 fully saturated rings. The molecule has 3 N–H and O–H groups in total. The van der Waals surface area contributed by atoms with Gasteiger partial charge in [0.2, 0.25) is 5.91 Å². The average Bonchev–Trinajstić information content (AvgIpc) is 2.56. The molecule has 0 bridgehead atoms. The molecule has 0 heterocycles. The molecule has 0 spiro atoms. The zero-order valence-electron chi connectivity index (χ0n) is 13.9. The van der Waals surface area contributed by atoms with E-state index in [1.807, 2.05) is 38.1 Å². The first kappa shape index (κ1) is 19.3. The molecule has 0 aromatic heterocycles. The molecular formula is C18H19BrClN3O2. The third kappa shape index (κ3) is 6.07. The van der Waals surface area contributed by atoms with E-state index in [1.54, 1.807) is 18.2 Å². The Balaban J connectivity index is 1.80. The molecule has 0 aliphatic heterocycles. The summed E-state index contributed by atoms with van der Waals surface area (Å²) in [5.41, 5.74) is 2.57. The third-order valence-corrected chi connectivity index (χ3v) is 4.33. The summed E-state index contributed by atoms with van der Waals surface area (Å²) in [5.74, 6) is -0.292. The van der Waals surface area contributed by atoms with E-state index in [0.717, 1.165) is 15.6 Å². The molecule has 3 amide bonds. The van der Waals surface area contributed by atoms with E-state index in [9.17, 15) is 9.59 Å². The first-order chi connectivity index (χ1) is 11.8. The molecule has 132 valence electrons. The minimum Gasteiger partial charge on any atom is -0.332 e. The van der Waals surface area contributed by atoms with E-state index in [-0.39, 0.29) is 18.5 Å². The van der Waals surface area contributed by atoms with Crippen molar-refractivity contribution in [2.45, 2.75) is 19.9 Å². The lowest BCUT2D eigenvalue weighted by molar-refractivity contribution is -0.115. The molecule has 0 saturated carbocycles. The molecule has 2 aromatic carbocycles. The largest absolute Gasteiger partial charge is 0.332 e. The number of carbonyl (C=O) groups excluding carboxylic acids is 2. The van der Waals surface area contributed by atoms with Gasteiger partial charge < -0.3 is 16.0 Å². The van der Waals surface area contributed by atoms with E-state index in [4.69, 9.17) is 11.6 Å². The predicted molar refractivity (Wildman–Crippen MR) is 104 cm³/mol. The molecular weight excluding hydrogens is 406 g/mol. The SMILES string of the molecule is Cc1cc(Br)ccc1NC(=O)CNC(=O)N[C@@H](C)c1ccc(Cl)cc1. The topological polar surface area (TPSA) is 70.2 Å². The summed E-state index contributed by atoms with van der Waals surface area (Å²) >= 11 is 9.22. The fraction of sp³-hybridized carbons (Fsp3) is 0.222. The molecule has 25 heavy (non-hydrogen) atoms. The van der Waals surface area contributed by atoms with Gasteiger partial charge in [-0.2, -0.15) is 0 Å². The summed E-state index contributed by atoms with van der Waals surface area (Å²) in [7, 11) is 0. The number of carbonyl (C=O) groups is 2. The highest BCUT2D eigenvalue weighted by molar-refractivity contribution is 9.10. The van der Waals surface area contributed by atoms with Crippen molar-refractivity contribution in [2.75, 3.05) is 11.9 Å². The van der Waals surface area contributed by atoms with Crippen molar-refractivity contribution >= 4 is 45.2 Å². The van der Waals surface area contributed by atoms with E-state index in [1.165, 1.54) is 0 Å². The number of aryl methyl sites for hydroxylation is 1. The smallest absolute Gasteiger partial charge is 0.315 e. The summed E-state index contributed by atoms with van der Waals surface area (Å²) in [6.45, 7) is 3.64. The van der Waals surface area contributed by atoms with Crippen molar-refractivity contribution in [1.29, 1.82) is 0 Å². The lowest BCUT2D eigenvalue weighted by atomic mass is 10.1. The van der Waals surface area contributed by atoms with Gasteiger partial charge in [0.15, 0.2) is 0 Å². The first-order valence-corrected chi connectivity index (χ1v) is 8.88. The number of hydrogen-bond acceptors (Lipinski definition) is 2. The van der Waals surface area contributed by atoms with Gasteiger partial charge in [-0.1, -0.05) is 39.7 Å². The van der Waals surface area contributed by atoms with Crippen LogP contribution in [0.2, 0.25) is 5.02 Å². The Morgan fingerprint density at radius 1 is 1.16 bits per heavy atom. The molecule has 2 rings (SSSR count). The predicted octanol–water partition coefficient (Wildman–Crippen LogP) is 4.41. The van der Waals surface area contributed by atoms with Crippen LogP contribution in [0.15, 0.2) is 46.9 Å². The normalized spacial score (nSPS) is 11.5. The minimum atomic E-state index is -0.412.